The molecule has 0 aliphatic heterocycles. The van der Waals surface area contributed by atoms with Gasteiger partial charge in [-0.25, -0.2) is 9.78 Å². The molecule has 0 aromatic carbocycles. The topological polar surface area (TPSA) is 96.6 Å². The molecule has 1 heterocycles. The van der Waals surface area contributed by atoms with Crippen molar-refractivity contribution >= 4 is 17.5 Å². The first kappa shape index (κ1) is 13.8. The number of nitro groups is 1. The van der Waals surface area contributed by atoms with Gasteiger partial charge in [0, 0.05) is 19.2 Å². The van der Waals surface area contributed by atoms with Gasteiger partial charge in [0.25, 0.3) is 0 Å². The molecule has 21 heavy (non-hydrogen) atoms. The molecule has 7 nitrogen and oxygen atoms in total. The van der Waals surface area contributed by atoms with Gasteiger partial charge in [-0.15, -0.1) is 0 Å². The fourth-order valence-corrected chi connectivity index (χ4v) is 2.41. The number of hydrogen-bond acceptors (Lipinski definition) is 5. The number of carbonyl (C=O) groups is 1. The smallest absolute Gasteiger partial charge is 0.354 e. The predicted octanol–water partition coefficient (Wildman–Crippen LogP) is 2.31. The molecule has 0 saturated heterocycles. The van der Waals surface area contributed by atoms with Crippen molar-refractivity contribution in [2.45, 2.75) is 25.7 Å². The van der Waals surface area contributed by atoms with E-state index in [0.717, 1.165) is 38.8 Å². The zero-order valence-electron chi connectivity index (χ0n) is 11.6. The normalized spacial score (nSPS) is 17.5. The summed E-state index contributed by atoms with van der Waals surface area (Å²) in [5.41, 5.74) is -0.256. The highest BCUT2D eigenvalue weighted by Gasteiger charge is 2.33. The Morgan fingerprint density at radius 3 is 2.29 bits per heavy atom. The number of rotatable bonds is 7. The lowest BCUT2D eigenvalue weighted by molar-refractivity contribution is -0.384. The maximum absolute atomic E-state index is 11.2. The van der Waals surface area contributed by atoms with Crippen LogP contribution in [0.4, 0.5) is 11.5 Å². The van der Waals surface area contributed by atoms with Crippen LogP contribution in [0.3, 0.4) is 0 Å². The van der Waals surface area contributed by atoms with E-state index in [1.54, 1.807) is 0 Å². The Balaban J connectivity index is 1.94. The van der Waals surface area contributed by atoms with E-state index in [-0.39, 0.29) is 17.2 Å². The Morgan fingerprint density at radius 1 is 1.29 bits per heavy atom. The highest BCUT2D eigenvalue weighted by Crippen LogP contribution is 2.37. The Kier molecular flexibility index (Phi) is 3.48. The van der Waals surface area contributed by atoms with E-state index in [9.17, 15) is 14.9 Å². The number of anilines is 1. The van der Waals surface area contributed by atoms with Gasteiger partial charge in [-0.2, -0.15) is 0 Å². The molecule has 0 radical (unpaired) electrons. The summed E-state index contributed by atoms with van der Waals surface area (Å²) in [6, 6.07) is 2.44. The minimum Gasteiger partial charge on any atom is -0.477 e. The van der Waals surface area contributed by atoms with Crippen LogP contribution in [0.25, 0.3) is 0 Å². The molecule has 1 aromatic rings. The van der Waals surface area contributed by atoms with Crippen molar-refractivity contribution in [1.29, 1.82) is 0 Å². The van der Waals surface area contributed by atoms with E-state index in [4.69, 9.17) is 5.11 Å². The minimum atomic E-state index is -1.16. The summed E-state index contributed by atoms with van der Waals surface area (Å²) in [6.07, 6.45) is 4.53. The van der Waals surface area contributed by atoms with Crippen LogP contribution in [0, 0.1) is 22.0 Å². The average Bonchev–Trinajstić information content (AvgIpc) is 3.32. The molecule has 3 rings (SSSR count). The van der Waals surface area contributed by atoms with Gasteiger partial charge in [0.15, 0.2) is 5.69 Å². The third-order valence-electron chi connectivity index (χ3n) is 3.92. The first-order valence-electron chi connectivity index (χ1n) is 7.18. The van der Waals surface area contributed by atoms with Crippen LogP contribution in [-0.2, 0) is 0 Å². The fourth-order valence-electron chi connectivity index (χ4n) is 2.41. The van der Waals surface area contributed by atoms with Gasteiger partial charge in [-0.05, 0) is 43.6 Å². The van der Waals surface area contributed by atoms with E-state index in [1.165, 1.54) is 12.1 Å². The van der Waals surface area contributed by atoms with E-state index in [0.29, 0.717) is 11.8 Å². The third kappa shape index (κ3) is 3.29. The molecule has 0 atom stereocenters. The number of carboxylic acids is 1. The Morgan fingerprint density at radius 2 is 1.86 bits per heavy atom. The van der Waals surface area contributed by atoms with E-state index in [2.05, 4.69) is 4.98 Å². The molecule has 112 valence electrons. The molecule has 2 saturated carbocycles. The zero-order chi connectivity index (χ0) is 15.0. The van der Waals surface area contributed by atoms with Crippen molar-refractivity contribution in [3.05, 3.63) is 27.9 Å². The molecular formula is C14H17N3O4. The molecule has 0 amide bonds. The Labute approximate surface area is 121 Å². The fraction of sp³-hybridized carbons (Fsp3) is 0.571. The number of aromatic nitrogens is 1. The standard InChI is InChI=1S/C14H17N3O4/c18-14(19)11-5-6-12(17(20)21)13(15-11)16(7-9-1-2-9)8-10-3-4-10/h5-6,9-10H,1-4,7-8H2,(H,18,19). The maximum atomic E-state index is 11.2. The highest BCUT2D eigenvalue weighted by atomic mass is 16.6. The van der Waals surface area contributed by atoms with E-state index >= 15 is 0 Å². The van der Waals surface area contributed by atoms with Crippen LogP contribution in [-0.4, -0.2) is 34.1 Å². The van der Waals surface area contributed by atoms with Crippen LogP contribution in [0.1, 0.15) is 36.2 Å². The third-order valence-corrected chi connectivity index (χ3v) is 3.92. The zero-order valence-corrected chi connectivity index (χ0v) is 11.6. The molecule has 2 fully saturated rings. The van der Waals surface area contributed by atoms with Gasteiger partial charge in [-0.3, -0.25) is 10.1 Å². The van der Waals surface area contributed by atoms with Crippen molar-refractivity contribution in [1.82, 2.24) is 4.98 Å². The molecule has 1 N–H and O–H groups in total. The Hall–Kier alpha value is -2.18. The summed E-state index contributed by atoms with van der Waals surface area (Å²) in [5, 5.41) is 20.3. The largest absolute Gasteiger partial charge is 0.477 e. The molecule has 0 spiro atoms. The lowest BCUT2D eigenvalue weighted by Gasteiger charge is -2.23. The minimum absolute atomic E-state index is 0.110. The predicted molar refractivity (Wildman–Crippen MR) is 75.5 cm³/mol. The van der Waals surface area contributed by atoms with Gasteiger partial charge in [0.2, 0.25) is 5.82 Å². The number of carboxylic acid groups (broad SMARTS) is 1. The van der Waals surface area contributed by atoms with Crippen molar-refractivity contribution in [2.24, 2.45) is 11.8 Å². The molecule has 1 aromatic heterocycles. The maximum Gasteiger partial charge on any atom is 0.354 e. The molecule has 0 unspecified atom stereocenters. The van der Waals surface area contributed by atoms with Crippen LogP contribution in [0.2, 0.25) is 0 Å². The van der Waals surface area contributed by atoms with Gasteiger partial charge in [-0.1, -0.05) is 0 Å². The van der Waals surface area contributed by atoms with Crippen LogP contribution in [0.15, 0.2) is 12.1 Å². The van der Waals surface area contributed by atoms with Crippen molar-refractivity contribution < 1.29 is 14.8 Å². The quantitative estimate of drug-likeness (QED) is 0.611. The van der Waals surface area contributed by atoms with Gasteiger partial charge >= 0.3 is 11.7 Å². The molecular weight excluding hydrogens is 274 g/mol. The van der Waals surface area contributed by atoms with Gasteiger partial charge in [0.1, 0.15) is 0 Å². The van der Waals surface area contributed by atoms with E-state index in [1.807, 2.05) is 4.90 Å². The summed E-state index contributed by atoms with van der Waals surface area (Å²) in [7, 11) is 0. The number of nitrogens with zero attached hydrogens (tertiary/aromatic N) is 3. The van der Waals surface area contributed by atoms with Crippen molar-refractivity contribution in [3.8, 4) is 0 Å². The number of hydrogen-bond donors (Lipinski definition) is 1. The summed E-state index contributed by atoms with van der Waals surface area (Å²) in [5.74, 6) is 0.153. The lowest BCUT2D eigenvalue weighted by Crippen LogP contribution is -2.30. The van der Waals surface area contributed by atoms with Gasteiger partial charge < -0.3 is 10.0 Å². The Bertz CT molecular complexity index is 568. The second-order valence-corrected chi connectivity index (χ2v) is 5.89. The highest BCUT2D eigenvalue weighted by molar-refractivity contribution is 5.86. The first-order valence-corrected chi connectivity index (χ1v) is 7.18. The van der Waals surface area contributed by atoms with Crippen molar-refractivity contribution in [2.75, 3.05) is 18.0 Å². The molecule has 2 aliphatic rings. The average molecular weight is 291 g/mol. The van der Waals surface area contributed by atoms with Gasteiger partial charge in [0.05, 0.1) is 4.92 Å². The van der Waals surface area contributed by atoms with Crippen LogP contribution >= 0.6 is 0 Å². The summed E-state index contributed by atoms with van der Waals surface area (Å²) in [6.45, 7) is 1.46. The second kappa shape index (κ2) is 5.31. The molecule has 0 bridgehead atoms. The van der Waals surface area contributed by atoms with Crippen LogP contribution in [0.5, 0.6) is 0 Å². The molecule has 2 aliphatic carbocycles. The summed E-state index contributed by atoms with van der Waals surface area (Å²) < 4.78 is 0. The number of aromatic carboxylic acids is 1. The van der Waals surface area contributed by atoms with E-state index < -0.39 is 10.9 Å². The summed E-state index contributed by atoms with van der Waals surface area (Å²) >= 11 is 0. The molecule has 7 heteroatoms. The van der Waals surface area contributed by atoms with Crippen LogP contribution < -0.4 is 4.90 Å². The van der Waals surface area contributed by atoms with Crippen molar-refractivity contribution in [3.63, 3.8) is 0 Å². The lowest BCUT2D eigenvalue weighted by atomic mass is 10.2. The summed E-state index contributed by atoms with van der Waals surface area (Å²) in [4.78, 5) is 27.7. The number of pyridine rings is 1. The first-order chi connectivity index (χ1) is 10.0. The monoisotopic (exact) mass is 291 g/mol. The second-order valence-electron chi connectivity index (χ2n) is 5.89. The SMILES string of the molecule is O=C(O)c1ccc([N+](=O)[O-])c(N(CC2CC2)CC2CC2)n1.